The molecule has 0 fully saturated rings. The summed E-state index contributed by atoms with van der Waals surface area (Å²) in [5.74, 6) is 2.57. The number of benzene rings is 4. The molecule has 4 aromatic carbocycles. The van der Waals surface area contributed by atoms with Crippen LogP contribution < -0.4 is 26.8 Å². The zero-order valence-electron chi connectivity index (χ0n) is 29.2. The average Bonchev–Trinajstić information content (AvgIpc) is 3.56. The van der Waals surface area contributed by atoms with Crippen LogP contribution in [-0.4, -0.2) is 53.4 Å². The summed E-state index contributed by atoms with van der Waals surface area (Å²) >= 11 is 0. The first kappa shape index (κ1) is 33.9. The first-order valence-corrected chi connectivity index (χ1v) is 16.9. The fraction of sp³-hybridized carbons (Fsp3) is 0.179. The number of H-pyrrole nitrogens is 1. The Morgan fingerprint density at radius 3 is 1.75 bits per heavy atom. The van der Waals surface area contributed by atoms with E-state index in [0.717, 1.165) is 50.3 Å². The Morgan fingerprint density at radius 1 is 0.673 bits per heavy atom. The molecule has 1 unspecified atom stereocenters. The molecule has 7 rings (SSSR count). The highest BCUT2D eigenvalue weighted by Crippen LogP contribution is 2.33. The average molecular weight is 693 g/mol. The van der Waals surface area contributed by atoms with Crippen molar-refractivity contribution in [2.45, 2.75) is 32.9 Å². The highest BCUT2D eigenvalue weighted by molar-refractivity contribution is 5.84. The number of methoxy groups -OCH3 is 1. The number of para-hydroxylation sites is 1. The van der Waals surface area contributed by atoms with Gasteiger partial charge in [-0.05, 0) is 67.4 Å². The summed E-state index contributed by atoms with van der Waals surface area (Å²) in [4.78, 5) is 33.0. The number of aromatic nitrogens is 7. The molecule has 13 heteroatoms. The molecule has 7 N–H and O–H groups in total. The fourth-order valence-corrected chi connectivity index (χ4v) is 6.11. The second-order valence-corrected chi connectivity index (χ2v) is 12.6. The number of hydrogen-bond donors (Lipinski definition) is 5. The fourth-order valence-electron chi connectivity index (χ4n) is 6.11. The van der Waals surface area contributed by atoms with Crippen LogP contribution in [0.1, 0.15) is 39.8 Å². The van der Waals surface area contributed by atoms with Gasteiger partial charge in [0.1, 0.15) is 17.4 Å². The molecule has 0 aliphatic rings. The van der Waals surface area contributed by atoms with Gasteiger partial charge in [0, 0.05) is 40.9 Å². The molecule has 0 amide bonds. The van der Waals surface area contributed by atoms with Crippen LogP contribution in [0.2, 0.25) is 0 Å². The van der Waals surface area contributed by atoms with Gasteiger partial charge >= 0.3 is 0 Å². The van der Waals surface area contributed by atoms with Gasteiger partial charge in [-0.15, -0.1) is 0 Å². The molecule has 52 heavy (non-hydrogen) atoms. The number of aromatic amines is 1. The van der Waals surface area contributed by atoms with Gasteiger partial charge in [0.15, 0.2) is 0 Å². The highest BCUT2D eigenvalue weighted by atomic mass is 16.5. The van der Waals surface area contributed by atoms with Gasteiger partial charge < -0.3 is 31.8 Å². The van der Waals surface area contributed by atoms with Crippen molar-refractivity contribution in [1.82, 2.24) is 39.8 Å². The van der Waals surface area contributed by atoms with E-state index in [1.54, 1.807) is 7.11 Å². The van der Waals surface area contributed by atoms with Crippen molar-refractivity contribution in [2.75, 3.05) is 35.8 Å². The van der Waals surface area contributed by atoms with E-state index in [2.05, 4.69) is 77.0 Å². The van der Waals surface area contributed by atoms with Gasteiger partial charge in [-0.3, -0.25) is 4.90 Å². The van der Waals surface area contributed by atoms with E-state index < -0.39 is 0 Å². The molecule has 3 aromatic heterocycles. The van der Waals surface area contributed by atoms with Crippen LogP contribution in [0.4, 0.5) is 35.2 Å². The summed E-state index contributed by atoms with van der Waals surface area (Å²) in [5.41, 5.74) is 19.8. The van der Waals surface area contributed by atoms with Crippen molar-refractivity contribution < 1.29 is 4.74 Å². The Morgan fingerprint density at radius 2 is 1.21 bits per heavy atom. The summed E-state index contributed by atoms with van der Waals surface area (Å²) in [6.45, 7) is 5.21. The molecule has 0 aliphatic heterocycles. The van der Waals surface area contributed by atoms with Gasteiger partial charge in [0.05, 0.1) is 20.2 Å². The Hall–Kier alpha value is -6.60. The van der Waals surface area contributed by atoms with Gasteiger partial charge in [0.25, 0.3) is 0 Å². The van der Waals surface area contributed by atoms with Crippen LogP contribution in [-0.2, 0) is 13.1 Å². The third-order valence-electron chi connectivity index (χ3n) is 8.70. The van der Waals surface area contributed by atoms with E-state index >= 15 is 0 Å². The van der Waals surface area contributed by atoms with Crippen LogP contribution >= 0.6 is 0 Å². The number of nitrogen functional groups attached to an aromatic ring is 2. The number of hydrogen-bond acceptors (Lipinski definition) is 12. The molecule has 0 spiro atoms. The second-order valence-electron chi connectivity index (χ2n) is 12.6. The molecular weight excluding hydrogens is 653 g/mol. The van der Waals surface area contributed by atoms with Crippen LogP contribution in [0.3, 0.4) is 0 Å². The number of rotatable bonds is 13. The normalized spacial score (nSPS) is 11.8. The molecule has 0 saturated heterocycles. The zero-order chi connectivity index (χ0) is 36.0. The SMILES string of the molecule is COc1ccc(C(CN(Cc2nc(N)nc(Nc3ccc(C)cc3)n2)Cc2nc(N)nc(Nc3ccc(C)cc3)n2)c2c[nH]c3ccccc23)cc1. The monoisotopic (exact) mass is 692 g/mol. The van der Waals surface area contributed by atoms with Crippen molar-refractivity contribution in [1.29, 1.82) is 0 Å². The van der Waals surface area contributed by atoms with Gasteiger partial charge in [0.2, 0.25) is 23.8 Å². The van der Waals surface area contributed by atoms with Crippen LogP contribution in [0.15, 0.2) is 103 Å². The van der Waals surface area contributed by atoms with E-state index in [1.807, 2.05) is 80.6 Å². The molecule has 3 heterocycles. The lowest BCUT2D eigenvalue weighted by Gasteiger charge is -2.27. The number of nitrogens with two attached hydrogens (primary N) is 2. The number of nitrogens with zero attached hydrogens (tertiary/aromatic N) is 7. The third kappa shape index (κ3) is 8.22. The van der Waals surface area contributed by atoms with Crippen LogP contribution in [0.25, 0.3) is 10.9 Å². The smallest absolute Gasteiger partial charge is 0.232 e. The Kier molecular flexibility index (Phi) is 9.84. The number of fused-ring (bicyclic) bond motifs is 1. The second kappa shape index (κ2) is 15.1. The van der Waals surface area contributed by atoms with E-state index in [1.165, 1.54) is 0 Å². The number of nitrogens with one attached hydrogen (secondary N) is 3. The lowest BCUT2D eigenvalue weighted by atomic mass is 9.90. The molecule has 0 radical (unpaired) electrons. The molecular formula is C39H40N12O. The summed E-state index contributed by atoms with van der Waals surface area (Å²) < 4.78 is 5.49. The number of anilines is 6. The first-order valence-electron chi connectivity index (χ1n) is 16.9. The van der Waals surface area contributed by atoms with Crippen molar-refractivity contribution in [3.05, 3.63) is 137 Å². The Balaban J connectivity index is 1.26. The largest absolute Gasteiger partial charge is 0.497 e. The third-order valence-corrected chi connectivity index (χ3v) is 8.70. The van der Waals surface area contributed by atoms with E-state index in [4.69, 9.17) is 26.2 Å². The number of aryl methyl sites for hydroxylation is 2. The molecule has 0 aliphatic carbocycles. The van der Waals surface area contributed by atoms with Crippen LogP contribution in [0.5, 0.6) is 5.75 Å². The predicted octanol–water partition coefficient (Wildman–Crippen LogP) is 6.65. The summed E-state index contributed by atoms with van der Waals surface area (Å²) in [5, 5.41) is 7.66. The maximum atomic E-state index is 6.25. The van der Waals surface area contributed by atoms with E-state index in [0.29, 0.717) is 43.2 Å². The minimum atomic E-state index is -0.0873. The number of ether oxygens (including phenoxy) is 1. The molecule has 262 valence electrons. The zero-order valence-corrected chi connectivity index (χ0v) is 29.2. The standard InChI is InChI=1S/C39H40N12O/c1-24-8-14-27(15-9-24)43-38-47-34(45-36(40)49-38)22-51(23-35-46-37(41)50-39(48-35)44-28-16-10-25(2)11-17-28)21-32(26-12-18-29(52-3)19-13-26)31-20-42-33-7-5-4-6-30(31)33/h4-20,32,42H,21-23H2,1-3H3,(H3,40,43,45,47,49)(H3,41,44,46,48,50). The molecule has 1 atom stereocenters. The molecule has 7 aromatic rings. The quantitative estimate of drug-likeness (QED) is 0.0869. The Labute approximate surface area is 301 Å². The lowest BCUT2D eigenvalue weighted by molar-refractivity contribution is 0.237. The molecule has 0 bridgehead atoms. The minimum absolute atomic E-state index is 0.0873. The summed E-state index contributed by atoms with van der Waals surface area (Å²) in [7, 11) is 1.67. The minimum Gasteiger partial charge on any atom is -0.497 e. The van der Waals surface area contributed by atoms with Crippen molar-refractivity contribution in [2.24, 2.45) is 0 Å². The highest BCUT2D eigenvalue weighted by Gasteiger charge is 2.24. The van der Waals surface area contributed by atoms with Crippen molar-refractivity contribution in [3.8, 4) is 5.75 Å². The molecule has 0 saturated carbocycles. The maximum Gasteiger partial charge on any atom is 0.232 e. The maximum absolute atomic E-state index is 6.25. The van der Waals surface area contributed by atoms with Crippen LogP contribution in [0, 0.1) is 13.8 Å². The Bertz CT molecular complexity index is 2170. The van der Waals surface area contributed by atoms with E-state index in [9.17, 15) is 0 Å². The van der Waals surface area contributed by atoms with Gasteiger partial charge in [-0.2, -0.15) is 29.9 Å². The lowest BCUT2D eigenvalue weighted by Crippen LogP contribution is -2.30. The predicted molar refractivity (Wildman–Crippen MR) is 205 cm³/mol. The van der Waals surface area contributed by atoms with Gasteiger partial charge in [-0.25, -0.2) is 0 Å². The summed E-state index contributed by atoms with van der Waals surface area (Å²) in [6, 6.07) is 32.4. The van der Waals surface area contributed by atoms with Gasteiger partial charge in [-0.1, -0.05) is 65.7 Å². The first-order chi connectivity index (χ1) is 25.3. The topological polar surface area (TPSA) is 182 Å². The molecule has 13 nitrogen and oxygen atoms in total. The van der Waals surface area contributed by atoms with E-state index in [-0.39, 0.29) is 17.8 Å². The van der Waals surface area contributed by atoms with Crippen molar-refractivity contribution in [3.63, 3.8) is 0 Å². The van der Waals surface area contributed by atoms with Crippen molar-refractivity contribution >= 4 is 46.1 Å². The summed E-state index contributed by atoms with van der Waals surface area (Å²) in [6.07, 6.45) is 2.08.